The number of ether oxygens (including phenoxy) is 1. The Morgan fingerprint density at radius 3 is 2.95 bits per heavy atom. The van der Waals surface area contributed by atoms with Crippen LogP contribution in [-0.2, 0) is 0 Å². The lowest BCUT2D eigenvalue weighted by atomic mass is 10.1. The maximum Gasteiger partial charge on any atom is 0.146 e. The van der Waals surface area contributed by atoms with Crippen LogP contribution in [0.1, 0.15) is 37.7 Å². The molecule has 0 saturated heterocycles. The van der Waals surface area contributed by atoms with Crippen molar-refractivity contribution in [3.05, 3.63) is 36.2 Å². The van der Waals surface area contributed by atoms with E-state index in [1.54, 1.807) is 6.20 Å². The summed E-state index contributed by atoms with van der Waals surface area (Å²) in [7, 11) is 0. The summed E-state index contributed by atoms with van der Waals surface area (Å²) in [6.07, 6.45) is 6.02. The van der Waals surface area contributed by atoms with Gasteiger partial charge in [-0.3, -0.25) is 10.1 Å². The molecule has 0 aliphatic rings. The topological polar surface area (TPSA) is 75.7 Å². The molecule has 19 heavy (non-hydrogen) atoms. The first-order chi connectivity index (χ1) is 9.35. The molecule has 2 N–H and O–H groups in total. The number of rotatable bonds is 7. The molecule has 0 spiro atoms. The molecule has 2 rings (SSSR count). The van der Waals surface area contributed by atoms with E-state index in [9.17, 15) is 0 Å². The molecular formula is C13H19N5O. The predicted octanol–water partition coefficient (Wildman–Crippen LogP) is 1.69. The van der Waals surface area contributed by atoms with Crippen LogP contribution in [0.25, 0.3) is 0 Å². The molecule has 102 valence electrons. The van der Waals surface area contributed by atoms with Crippen LogP contribution in [0, 0.1) is 0 Å². The molecule has 0 amide bonds. The van der Waals surface area contributed by atoms with E-state index < -0.39 is 0 Å². The summed E-state index contributed by atoms with van der Waals surface area (Å²) >= 11 is 0. The first kappa shape index (κ1) is 13.5. The molecule has 6 heteroatoms. The lowest BCUT2D eigenvalue weighted by Gasteiger charge is -2.16. The van der Waals surface area contributed by atoms with E-state index in [-0.39, 0.29) is 6.04 Å². The van der Waals surface area contributed by atoms with Gasteiger partial charge in [0.1, 0.15) is 17.9 Å². The summed E-state index contributed by atoms with van der Waals surface area (Å²) in [6, 6.07) is 1.93. The summed E-state index contributed by atoms with van der Waals surface area (Å²) in [5.74, 6) is 1.55. The third-order valence-corrected chi connectivity index (χ3v) is 2.66. The van der Waals surface area contributed by atoms with Gasteiger partial charge < -0.3 is 10.1 Å². The van der Waals surface area contributed by atoms with Crippen LogP contribution in [0.2, 0.25) is 0 Å². The fraction of sp³-hybridized carbons (Fsp3) is 0.462. The van der Waals surface area contributed by atoms with E-state index in [1.807, 2.05) is 19.2 Å². The third kappa shape index (κ3) is 3.51. The Morgan fingerprint density at radius 2 is 2.26 bits per heavy atom. The van der Waals surface area contributed by atoms with Gasteiger partial charge in [0.25, 0.3) is 0 Å². The minimum atomic E-state index is -0.0508. The van der Waals surface area contributed by atoms with Gasteiger partial charge in [-0.05, 0) is 24.6 Å². The van der Waals surface area contributed by atoms with Crippen LogP contribution in [0.4, 0.5) is 0 Å². The average molecular weight is 261 g/mol. The highest BCUT2D eigenvalue weighted by Crippen LogP contribution is 2.21. The minimum Gasteiger partial charge on any atom is -0.492 e. The van der Waals surface area contributed by atoms with Crippen molar-refractivity contribution in [1.29, 1.82) is 0 Å². The van der Waals surface area contributed by atoms with Crippen LogP contribution in [0.3, 0.4) is 0 Å². The summed E-state index contributed by atoms with van der Waals surface area (Å²) in [6.45, 7) is 5.65. The molecule has 1 unspecified atom stereocenters. The molecule has 0 aromatic carbocycles. The van der Waals surface area contributed by atoms with Gasteiger partial charge in [-0.2, -0.15) is 5.10 Å². The van der Waals surface area contributed by atoms with Gasteiger partial charge in [0.15, 0.2) is 0 Å². The van der Waals surface area contributed by atoms with Gasteiger partial charge in [-0.1, -0.05) is 13.8 Å². The molecule has 0 saturated carbocycles. The first-order valence-electron chi connectivity index (χ1n) is 6.51. The average Bonchev–Trinajstić information content (AvgIpc) is 2.96. The largest absolute Gasteiger partial charge is 0.492 e. The van der Waals surface area contributed by atoms with Crippen molar-refractivity contribution < 1.29 is 4.74 Å². The van der Waals surface area contributed by atoms with Crippen LogP contribution in [0.15, 0.2) is 24.8 Å². The Hall–Kier alpha value is -1.95. The highest BCUT2D eigenvalue weighted by molar-refractivity contribution is 5.29. The van der Waals surface area contributed by atoms with Crippen LogP contribution >= 0.6 is 0 Å². The minimum absolute atomic E-state index is 0.0508. The lowest BCUT2D eigenvalue weighted by molar-refractivity contribution is 0.315. The van der Waals surface area contributed by atoms with Gasteiger partial charge in [-0.25, -0.2) is 4.98 Å². The Labute approximate surface area is 112 Å². The van der Waals surface area contributed by atoms with E-state index >= 15 is 0 Å². The van der Waals surface area contributed by atoms with Crippen LogP contribution in [-0.4, -0.2) is 33.3 Å². The monoisotopic (exact) mass is 261 g/mol. The van der Waals surface area contributed by atoms with Gasteiger partial charge in [0.05, 0.1) is 18.8 Å². The van der Waals surface area contributed by atoms with Gasteiger partial charge in [-0.15, -0.1) is 0 Å². The van der Waals surface area contributed by atoms with Crippen LogP contribution < -0.4 is 10.1 Å². The van der Waals surface area contributed by atoms with Crippen molar-refractivity contribution in [2.45, 2.75) is 26.3 Å². The molecule has 0 bridgehead atoms. The Balaban J connectivity index is 2.21. The van der Waals surface area contributed by atoms with E-state index in [1.165, 1.54) is 6.33 Å². The number of pyridine rings is 1. The quantitative estimate of drug-likeness (QED) is 0.793. The summed E-state index contributed by atoms with van der Waals surface area (Å²) in [4.78, 5) is 8.43. The van der Waals surface area contributed by atoms with Gasteiger partial charge >= 0.3 is 0 Å². The number of aromatic nitrogens is 4. The molecular weight excluding hydrogens is 242 g/mol. The van der Waals surface area contributed by atoms with E-state index in [0.29, 0.717) is 6.61 Å². The normalized spacial score (nSPS) is 12.3. The highest BCUT2D eigenvalue weighted by atomic mass is 16.5. The van der Waals surface area contributed by atoms with E-state index in [4.69, 9.17) is 4.74 Å². The summed E-state index contributed by atoms with van der Waals surface area (Å²) in [5.41, 5.74) is 1.01. The molecule has 0 aliphatic heterocycles. The fourth-order valence-corrected chi connectivity index (χ4v) is 1.82. The molecule has 6 nitrogen and oxygen atoms in total. The second-order valence-corrected chi connectivity index (χ2v) is 4.16. The highest BCUT2D eigenvalue weighted by Gasteiger charge is 2.16. The molecule has 2 aromatic rings. The first-order valence-corrected chi connectivity index (χ1v) is 6.51. The van der Waals surface area contributed by atoms with Crippen molar-refractivity contribution in [1.82, 2.24) is 25.5 Å². The van der Waals surface area contributed by atoms with Crippen molar-refractivity contribution in [2.24, 2.45) is 0 Å². The van der Waals surface area contributed by atoms with Crippen LogP contribution in [0.5, 0.6) is 5.75 Å². The number of hydrogen-bond acceptors (Lipinski definition) is 5. The molecule has 0 aliphatic carbocycles. The predicted molar refractivity (Wildman–Crippen MR) is 71.9 cm³/mol. The number of nitrogens with zero attached hydrogens (tertiary/aromatic N) is 3. The second-order valence-electron chi connectivity index (χ2n) is 4.16. The van der Waals surface area contributed by atoms with Crippen molar-refractivity contribution in [3.8, 4) is 5.75 Å². The van der Waals surface area contributed by atoms with Gasteiger partial charge in [0.2, 0.25) is 0 Å². The Morgan fingerprint density at radius 1 is 1.37 bits per heavy atom. The smallest absolute Gasteiger partial charge is 0.146 e. The van der Waals surface area contributed by atoms with E-state index in [0.717, 1.165) is 30.1 Å². The number of H-pyrrole nitrogens is 1. The molecule has 2 aromatic heterocycles. The third-order valence-electron chi connectivity index (χ3n) is 2.66. The zero-order valence-corrected chi connectivity index (χ0v) is 11.3. The molecule has 0 radical (unpaired) electrons. The Kier molecular flexibility index (Phi) is 4.85. The Bertz CT molecular complexity index is 486. The fourth-order valence-electron chi connectivity index (χ4n) is 1.82. The number of hydrogen-bond donors (Lipinski definition) is 2. The molecule has 1 atom stereocenters. The van der Waals surface area contributed by atoms with Crippen molar-refractivity contribution in [2.75, 3.05) is 13.2 Å². The lowest BCUT2D eigenvalue weighted by Crippen LogP contribution is -2.23. The van der Waals surface area contributed by atoms with Gasteiger partial charge in [0, 0.05) is 6.20 Å². The summed E-state index contributed by atoms with van der Waals surface area (Å²) in [5, 5.41) is 10.1. The maximum absolute atomic E-state index is 5.60. The zero-order chi connectivity index (χ0) is 13.5. The molecule has 0 fully saturated rings. The van der Waals surface area contributed by atoms with Crippen molar-refractivity contribution in [3.63, 3.8) is 0 Å². The zero-order valence-electron chi connectivity index (χ0n) is 11.3. The maximum atomic E-state index is 5.60. The summed E-state index contributed by atoms with van der Waals surface area (Å²) < 4.78 is 5.60. The number of nitrogens with one attached hydrogen (secondary N) is 2. The second kappa shape index (κ2) is 6.84. The number of aromatic amines is 1. The molecule has 2 heterocycles. The SMILES string of the molecule is CCCOc1cncc(C(NCC)c2ncn[nH]2)c1. The van der Waals surface area contributed by atoms with Crippen molar-refractivity contribution >= 4 is 0 Å². The van der Waals surface area contributed by atoms with E-state index in [2.05, 4.69) is 32.4 Å². The standard InChI is InChI=1S/C13H19N5O/c1-3-5-19-11-6-10(7-14-8-11)12(15-4-2)13-16-9-17-18-13/h6-9,12,15H,3-5H2,1-2H3,(H,16,17,18).